The summed E-state index contributed by atoms with van der Waals surface area (Å²) in [6.45, 7) is 1.78. The number of hydrogen-bond donors (Lipinski definition) is 2. The third-order valence-electron chi connectivity index (χ3n) is 2.74. The summed E-state index contributed by atoms with van der Waals surface area (Å²) in [5.41, 5.74) is 2.29. The monoisotopic (exact) mass is 234 g/mol. The fourth-order valence-electron chi connectivity index (χ4n) is 1.96. The van der Waals surface area contributed by atoms with E-state index in [9.17, 15) is 4.79 Å². The number of carboxylic acid groups (broad SMARTS) is 1. The van der Waals surface area contributed by atoms with E-state index in [0.717, 1.165) is 35.4 Å². The average Bonchev–Trinajstić information content (AvgIpc) is 2.68. The number of aromatic carboxylic acids is 1. The molecule has 0 atom stereocenters. The maximum atomic E-state index is 10.9. The summed E-state index contributed by atoms with van der Waals surface area (Å²) in [7, 11) is 0. The van der Waals surface area contributed by atoms with Crippen molar-refractivity contribution >= 4 is 27.5 Å². The number of rotatable bonds is 1. The largest absolute Gasteiger partial charge is 0.477 e. The molecule has 0 unspecified atom stereocenters. The predicted molar refractivity (Wildman–Crippen MR) is 62.0 cm³/mol. The molecule has 0 amide bonds. The number of nitrogens with zero attached hydrogens (tertiary/aromatic N) is 1. The van der Waals surface area contributed by atoms with Crippen LogP contribution >= 0.6 is 11.3 Å². The molecule has 2 aromatic heterocycles. The summed E-state index contributed by atoms with van der Waals surface area (Å²) in [6, 6.07) is 3.75. The summed E-state index contributed by atoms with van der Waals surface area (Å²) in [5.74, 6) is -0.876. The highest BCUT2D eigenvalue weighted by molar-refractivity contribution is 7.20. The van der Waals surface area contributed by atoms with Crippen LogP contribution in [0.3, 0.4) is 0 Å². The second-order valence-corrected chi connectivity index (χ2v) is 4.86. The summed E-state index contributed by atoms with van der Waals surface area (Å²) in [5, 5.41) is 13.1. The summed E-state index contributed by atoms with van der Waals surface area (Å²) < 4.78 is 0. The lowest BCUT2D eigenvalue weighted by atomic mass is 10.1. The summed E-state index contributed by atoms with van der Waals surface area (Å²) in [6.07, 6.45) is 0.922. The van der Waals surface area contributed by atoms with Crippen molar-refractivity contribution in [2.45, 2.75) is 13.0 Å². The van der Waals surface area contributed by atoms with Crippen molar-refractivity contribution in [2.24, 2.45) is 0 Å². The topological polar surface area (TPSA) is 62.2 Å². The van der Waals surface area contributed by atoms with E-state index in [2.05, 4.69) is 10.3 Å². The number of fused-ring (bicyclic) bond motifs is 2. The van der Waals surface area contributed by atoms with Gasteiger partial charge in [0.1, 0.15) is 9.71 Å². The molecule has 2 aromatic rings. The van der Waals surface area contributed by atoms with Crippen LogP contribution < -0.4 is 5.32 Å². The Morgan fingerprint density at radius 3 is 3.19 bits per heavy atom. The molecule has 0 saturated carbocycles. The van der Waals surface area contributed by atoms with E-state index in [1.54, 1.807) is 6.07 Å². The second kappa shape index (κ2) is 3.54. The van der Waals surface area contributed by atoms with Gasteiger partial charge in [-0.25, -0.2) is 9.78 Å². The van der Waals surface area contributed by atoms with E-state index < -0.39 is 5.97 Å². The van der Waals surface area contributed by atoms with Gasteiger partial charge in [0.2, 0.25) is 0 Å². The molecule has 1 aliphatic rings. The van der Waals surface area contributed by atoms with Crippen molar-refractivity contribution in [3.63, 3.8) is 0 Å². The highest BCUT2D eigenvalue weighted by atomic mass is 32.1. The Labute approximate surface area is 95.9 Å². The van der Waals surface area contributed by atoms with E-state index in [1.165, 1.54) is 16.9 Å². The third kappa shape index (κ3) is 1.48. The molecule has 5 heteroatoms. The van der Waals surface area contributed by atoms with Crippen molar-refractivity contribution < 1.29 is 9.90 Å². The first-order valence-electron chi connectivity index (χ1n) is 5.10. The average molecular weight is 234 g/mol. The zero-order chi connectivity index (χ0) is 11.1. The van der Waals surface area contributed by atoms with Gasteiger partial charge in [-0.15, -0.1) is 11.3 Å². The van der Waals surface area contributed by atoms with Crippen molar-refractivity contribution in [3.05, 3.63) is 28.3 Å². The Balaban J connectivity index is 2.20. The molecule has 0 spiro atoms. The van der Waals surface area contributed by atoms with Gasteiger partial charge in [0.05, 0.1) is 0 Å². The Hall–Kier alpha value is -1.46. The number of pyridine rings is 1. The number of carbonyl (C=O) groups is 1. The summed E-state index contributed by atoms with van der Waals surface area (Å²) >= 11 is 1.25. The van der Waals surface area contributed by atoms with Gasteiger partial charge in [0.15, 0.2) is 0 Å². The molecule has 3 heterocycles. The Bertz CT molecular complexity index is 534. The lowest BCUT2D eigenvalue weighted by Crippen LogP contribution is -2.24. The van der Waals surface area contributed by atoms with Crippen molar-refractivity contribution in [1.82, 2.24) is 10.3 Å². The lowest BCUT2D eigenvalue weighted by molar-refractivity contribution is 0.0702. The Morgan fingerprint density at radius 1 is 1.50 bits per heavy atom. The molecule has 16 heavy (non-hydrogen) atoms. The molecule has 0 aliphatic carbocycles. The van der Waals surface area contributed by atoms with Gasteiger partial charge in [0, 0.05) is 30.6 Å². The Morgan fingerprint density at radius 2 is 2.38 bits per heavy atom. The highest BCUT2D eigenvalue weighted by Crippen LogP contribution is 2.27. The number of aromatic nitrogens is 1. The van der Waals surface area contributed by atoms with Crippen molar-refractivity contribution in [3.8, 4) is 0 Å². The molecule has 0 fully saturated rings. The lowest BCUT2D eigenvalue weighted by Gasteiger charge is -2.15. The Kier molecular flexibility index (Phi) is 2.15. The standard InChI is InChI=1S/C11H10N2O2S/c14-11(15)9-4-6-3-7-5-12-2-1-8(7)13-10(6)16-9/h3-4,12H,1-2,5H2,(H,14,15). The molecule has 4 nitrogen and oxygen atoms in total. The van der Waals surface area contributed by atoms with E-state index in [4.69, 9.17) is 5.11 Å². The van der Waals surface area contributed by atoms with Gasteiger partial charge in [-0.05, 0) is 17.7 Å². The maximum Gasteiger partial charge on any atom is 0.345 e. The van der Waals surface area contributed by atoms with E-state index in [1.807, 2.05) is 6.07 Å². The van der Waals surface area contributed by atoms with Crippen LogP contribution in [0.1, 0.15) is 20.9 Å². The fraction of sp³-hybridized carbons (Fsp3) is 0.273. The number of thiophene rings is 1. The quantitative estimate of drug-likeness (QED) is 0.787. The molecular weight excluding hydrogens is 224 g/mol. The molecular formula is C11H10N2O2S. The van der Waals surface area contributed by atoms with Crippen LogP contribution in [0, 0.1) is 0 Å². The van der Waals surface area contributed by atoms with E-state index in [0.29, 0.717) is 4.88 Å². The first-order chi connectivity index (χ1) is 7.74. The minimum absolute atomic E-state index is 0.359. The van der Waals surface area contributed by atoms with Gasteiger partial charge in [-0.2, -0.15) is 0 Å². The fourth-order valence-corrected chi connectivity index (χ4v) is 2.83. The molecule has 82 valence electrons. The van der Waals surface area contributed by atoms with Gasteiger partial charge < -0.3 is 10.4 Å². The van der Waals surface area contributed by atoms with E-state index in [-0.39, 0.29) is 0 Å². The van der Waals surface area contributed by atoms with Crippen LogP contribution in [0.4, 0.5) is 0 Å². The highest BCUT2D eigenvalue weighted by Gasteiger charge is 2.14. The maximum absolute atomic E-state index is 10.9. The first-order valence-corrected chi connectivity index (χ1v) is 5.92. The molecule has 0 bridgehead atoms. The van der Waals surface area contributed by atoms with Crippen LogP contribution in [0.15, 0.2) is 12.1 Å². The number of hydrogen-bond acceptors (Lipinski definition) is 4. The zero-order valence-electron chi connectivity index (χ0n) is 8.49. The minimum atomic E-state index is -0.876. The van der Waals surface area contributed by atoms with Gasteiger partial charge >= 0.3 is 5.97 Å². The van der Waals surface area contributed by atoms with Crippen LogP contribution in [-0.2, 0) is 13.0 Å². The van der Waals surface area contributed by atoms with Gasteiger partial charge in [0.25, 0.3) is 0 Å². The minimum Gasteiger partial charge on any atom is -0.477 e. The predicted octanol–water partition coefficient (Wildman–Crippen LogP) is 1.64. The first kappa shape index (κ1) is 9.74. The SMILES string of the molecule is O=C(O)c1cc2cc3c(nc2s1)CCNC3. The molecule has 0 saturated heterocycles. The zero-order valence-corrected chi connectivity index (χ0v) is 9.30. The van der Waals surface area contributed by atoms with Crippen LogP contribution in [0.25, 0.3) is 10.2 Å². The smallest absolute Gasteiger partial charge is 0.345 e. The van der Waals surface area contributed by atoms with Crippen molar-refractivity contribution in [2.75, 3.05) is 6.54 Å². The van der Waals surface area contributed by atoms with Crippen LogP contribution in [0.5, 0.6) is 0 Å². The summed E-state index contributed by atoms with van der Waals surface area (Å²) in [4.78, 5) is 16.6. The molecule has 0 radical (unpaired) electrons. The van der Waals surface area contributed by atoms with Gasteiger partial charge in [-0.1, -0.05) is 0 Å². The molecule has 3 rings (SSSR count). The number of carboxylic acids is 1. The van der Waals surface area contributed by atoms with Gasteiger partial charge in [-0.3, -0.25) is 0 Å². The second-order valence-electron chi connectivity index (χ2n) is 3.83. The molecule has 0 aromatic carbocycles. The van der Waals surface area contributed by atoms with Crippen LogP contribution in [0.2, 0.25) is 0 Å². The number of nitrogens with one attached hydrogen (secondary N) is 1. The third-order valence-corrected chi connectivity index (χ3v) is 3.77. The van der Waals surface area contributed by atoms with E-state index >= 15 is 0 Å². The van der Waals surface area contributed by atoms with Crippen LogP contribution in [-0.4, -0.2) is 22.6 Å². The molecule has 1 aliphatic heterocycles. The molecule has 2 N–H and O–H groups in total. The van der Waals surface area contributed by atoms with Crippen molar-refractivity contribution in [1.29, 1.82) is 0 Å². The normalized spacial score (nSPS) is 15.0.